The highest BCUT2D eigenvalue weighted by Crippen LogP contribution is 2.34. The van der Waals surface area contributed by atoms with Crippen molar-refractivity contribution in [1.82, 2.24) is 0 Å². The molecule has 0 saturated carbocycles. The quantitative estimate of drug-likeness (QED) is 0.369. The first kappa shape index (κ1) is 15.6. The Kier molecular flexibility index (Phi) is 3.94. The van der Waals surface area contributed by atoms with Crippen LogP contribution in [0.4, 0.5) is 23.2 Å². The topological polar surface area (TPSA) is 60.2 Å². The molecule has 2 rings (SSSR count). The lowest BCUT2D eigenvalue weighted by Gasteiger charge is -2.09. The third-order valence-electron chi connectivity index (χ3n) is 2.96. The number of carbonyl (C=O) groups is 1. The second kappa shape index (κ2) is 5.55. The Morgan fingerprint density at radius 1 is 1.09 bits per heavy atom. The van der Waals surface area contributed by atoms with Crippen LogP contribution in [0.2, 0.25) is 0 Å². The number of hydrogen-bond donors (Lipinski definition) is 0. The van der Waals surface area contributed by atoms with Gasteiger partial charge in [0.25, 0.3) is 5.69 Å². The molecule has 22 heavy (non-hydrogen) atoms. The summed E-state index contributed by atoms with van der Waals surface area (Å²) < 4.78 is 51.3. The number of halogens is 4. The molecule has 0 N–H and O–H groups in total. The molecule has 0 atom stereocenters. The number of benzene rings is 2. The van der Waals surface area contributed by atoms with Gasteiger partial charge in [-0.2, -0.15) is 13.2 Å². The maximum atomic E-state index is 13.8. The van der Waals surface area contributed by atoms with E-state index in [1.807, 2.05) is 0 Å². The van der Waals surface area contributed by atoms with Crippen LogP contribution in [0.15, 0.2) is 36.4 Å². The van der Waals surface area contributed by atoms with E-state index in [-0.39, 0.29) is 23.0 Å². The third kappa shape index (κ3) is 2.95. The van der Waals surface area contributed by atoms with Gasteiger partial charge in [0, 0.05) is 11.6 Å². The molecule has 0 aliphatic carbocycles. The van der Waals surface area contributed by atoms with Crippen molar-refractivity contribution >= 4 is 12.0 Å². The normalized spacial score (nSPS) is 11.3. The molecule has 0 unspecified atom stereocenters. The fraction of sp³-hybridized carbons (Fsp3) is 0.0714. The van der Waals surface area contributed by atoms with E-state index in [1.54, 1.807) is 0 Å². The zero-order valence-electron chi connectivity index (χ0n) is 10.7. The Hall–Kier alpha value is -2.77. The smallest absolute Gasteiger partial charge is 0.298 e. The summed E-state index contributed by atoms with van der Waals surface area (Å²) in [6.45, 7) is 0. The molecule has 8 heteroatoms. The number of aldehydes is 1. The lowest BCUT2D eigenvalue weighted by Crippen LogP contribution is -2.05. The highest BCUT2D eigenvalue weighted by Gasteiger charge is 2.31. The molecule has 0 spiro atoms. The van der Waals surface area contributed by atoms with Gasteiger partial charge in [-0.1, -0.05) is 12.1 Å². The van der Waals surface area contributed by atoms with E-state index < -0.39 is 28.2 Å². The van der Waals surface area contributed by atoms with Gasteiger partial charge < -0.3 is 0 Å². The number of nitro benzene ring substituents is 1. The molecule has 0 heterocycles. The molecule has 114 valence electrons. The van der Waals surface area contributed by atoms with E-state index in [9.17, 15) is 32.5 Å². The van der Waals surface area contributed by atoms with Crippen LogP contribution < -0.4 is 0 Å². The summed E-state index contributed by atoms with van der Waals surface area (Å²) >= 11 is 0. The second-order valence-electron chi connectivity index (χ2n) is 4.34. The Bertz CT molecular complexity index is 756. The van der Waals surface area contributed by atoms with E-state index in [1.165, 1.54) is 6.07 Å². The van der Waals surface area contributed by atoms with Gasteiger partial charge in [0.2, 0.25) is 0 Å². The van der Waals surface area contributed by atoms with Crippen molar-refractivity contribution in [1.29, 1.82) is 0 Å². The van der Waals surface area contributed by atoms with Gasteiger partial charge in [0.05, 0.1) is 16.1 Å². The van der Waals surface area contributed by atoms with Crippen LogP contribution in [0, 0.1) is 15.9 Å². The molecule has 0 radical (unpaired) electrons. The van der Waals surface area contributed by atoms with Crippen LogP contribution in [-0.2, 0) is 6.18 Å². The Morgan fingerprint density at radius 3 is 2.27 bits per heavy atom. The minimum absolute atomic E-state index is 0.00326. The molecule has 0 aromatic heterocycles. The first-order valence-corrected chi connectivity index (χ1v) is 5.85. The summed E-state index contributed by atoms with van der Waals surface area (Å²) in [5.41, 5.74) is -2.14. The van der Waals surface area contributed by atoms with Gasteiger partial charge in [-0.05, 0) is 23.8 Å². The number of nitrogens with zero attached hydrogens (tertiary/aromatic N) is 1. The summed E-state index contributed by atoms with van der Waals surface area (Å²) in [7, 11) is 0. The lowest BCUT2D eigenvalue weighted by atomic mass is 10.0. The maximum Gasteiger partial charge on any atom is 0.416 e. The van der Waals surface area contributed by atoms with Crippen molar-refractivity contribution in [3.05, 3.63) is 63.5 Å². The summed E-state index contributed by atoms with van der Waals surface area (Å²) in [6.07, 6.45) is -4.42. The van der Waals surface area contributed by atoms with Gasteiger partial charge in [0.1, 0.15) is 5.82 Å². The maximum absolute atomic E-state index is 13.8. The van der Waals surface area contributed by atoms with E-state index in [4.69, 9.17) is 0 Å². The molecule has 0 aliphatic heterocycles. The summed E-state index contributed by atoms with van der Waals surface area (Å²) in [5, 5.41) is 10.8. The molecular weight excluding hydrogens is 306 g/mol. The molecule has 2 aromatic rings. The van der Waals surface area contributed by atoms with E-state index >= 15 is 0 Å². The lowest BCUT2D eigenvalue weighted by molar-refractivity contribution is -0.385. The van der Waals surface area contributed by atoms with Crippen LogP contribution in [0.25, 0.3) is 11.1 Å². The molecule has 0 amide bonds. The first-order valence-electron chi connectivity index (χ1n) is 5.85. The summed E-state index contributed by atoms with van der Waals surface area (Å²) in [5.74, 6) is -1.16. The zero-order chi connectivity index (χ0) is 16.5. The first-order chi connectivity index (χ1) is 10.2. The molecule has 0 bridgehead atoms. The fourth-order valence-electron chi connectivity index (χ4n) is 1.89. The average molecular weight is 313 g/mol. The van der Waals surface area contributed by atoms with Crippen molar-refractivity contribution in [2.24, 2.45) is 0 Å². The van der Waals surface area contributed by atoms with Gasteiger partial charge in [-0.15, -0.1) is 0 Å². The van der Waals surface area contributed by atoms with Crippen LogP contribution in [0.3, 0.4) is 0 Å². The molecule has 0 aliphatic rings. The van der Waals surface area contributed by atoms with Crippen LogP contribution in [-0.4, -0.2) is 11.2 Å². The largest absolute Gasteiger partial charge is 0.416 e. The monoisotopic (exact) mass is 313 g/mol. The predicted molar refractivity (Wildman–Crippen MR) is 68.9 cm³/mol. The Morgan fingerprint density at radius 2 is 1.77 bits per heavy atom. The summed E-state index contributed by atoms with van der Waals surface area (Å²) in [6, 6.07) is 5.15. The summed E-state index contributed by atoms with van der Waals surface area (Å²) in [4.78, 5) is 20.7. The van der Waals surface area contributed by atoms with E-state index in [0.717, 1.165) is 18.2 Å². The molecule has 4 nitrogen and oxygen atoms in total. The van der Waals surface area contributed by atoms with Gasteiger partial charge >= 0.3 is 6.18 Å². The molecule has 0 saturated heterocycles. The van der Waals surface area contributed by atoms with Crippen molar-refractivity contribution in [3.63, 3.8) is 0 Å². The van der Waals surface area contributed by atoms with E-state index in [2.05, 4.69) is 0 Å². The SMILES string of the molecule is O=Cc1ccc(-c2ccc(C(F)(F)F)cc2F)cc1[N+](=O)[O-]. The number of alkyl halides is 3. The number of hydrogen-bond acceptors (Lipinski definition) is 3. The number of nitro groups is 1. The van der Waals surface area contributed by atoms with Crippen molar-refractivity contribution in [2.75, 3.05) is 0 Å². The van der Waals surface area contributed by atoms with Crippen molar-refractivity contribution < 1.29 is 27.3 Å². The number of rotatable bonds is 3. The van der Waals surface area contributed by atoms with Crippen molar-refractivity contribution in [3.8, 4) is 11.1 Å². The predicted octanol–water partition coefficient (Wildman–Crippen LogP) is 4.23. The molecular formula is C14H7F4NO3. The molecule has 0 fully saturated rings. The third-order valence-corrected chi connectivity index (χ3v) is 2.96. The zero-order valence-corrected chi connectivity index (χ0v) is 10.7. The van der Waals surface area contributed by atoms with Crippen LogP contribution in [0.5, 0.6) is 0 Å². The van der Waals surface area contributed by atoms with Crippen LogP contribution >= 0.6 is 0 Å². The number of carbonyl (C=O) groups excluding carboxylic acids is 1. The van der Waals surface area contributed by atoms with E-state index in [0.29, 0.717) is 12.1 Å². The fourth-order valence-corrected chi connectivity index (χ4v) is 1.89. The highest BCUT2D eigenvalue weighted by atomic mass is 19.4. The minimum atomic E-state index is -4.69. The van der Waals surface area contributed by atoms with Crippen molar-refractivity contribution in [2.45, 2.75) is 6.18 Å². The van der Waals surface area contributed by atoms with Crippen LogP contribution in [0.1, 0.15) is 15.9 Å². The average Bonchev–Trinajstić information content (AvgIpc) is 2.45. The molecule has 2 aromatic carbocycles. The second-order valence-corrected chi connectivity index (χ2v) is 4.34. The van der Waals surface area contributed by atoms with Gasteiger partial charge in [-0.25, -0.2) is 4.39 Å². The Balaban J connectivity index is 2.55. The Labute approximate surface area is 121 Å². The minimum Gasteiger partial charge on any atom is -0.298 e. The van der Waals surface area contributed by atoms with Gasteiger partial charge in [-0.3, -0.25) is 14.9 Å². The highest BCUT2D eigenvalue weighted by molar-refractivity contribution is 5.84. The standard InChI is InChI=1S/C14H7F4NO3/c15-12-6-10(14(16,17)18)3-4-11(12)8-1-2-9(7-20)13(5-8)19(21)22/h1-7H. The van der Waals surface area contributed by atoms with Gasteiger partial charge in [0.15, 0.2) is 6.29 Å².